The third-order valence-electron chi connectivity index (χ3n) is 6.06. The van der Waals surface area contributed by atoms with E-state index < -0.39 is 0 Å². The van der Waals surface area contributed by atoms with Gasteiger partial charge in [0.1, 0.15) is 12.3 Å². The van der Waals surface area contributed by atoms with Crippen LogP contribution in [0.4, 0.5) is 10.5 Å². The number of carbonyl (C=O) groups excluding carboxylic acids is 2. The van der Waals surface area contributed by atoms with Crippen molar-refractivity contribution in [2.75, 3.05) is 32.1 Å². The van der Waals surface area contributed by atoms with Crippen molar-refractivity contribution in [1.82, 2.24) is 9.80 Å². The van der Waals surface area contributed by atoms with Crippen LogP contribution < -0.4 is 10.1 Å². The summed E-state index contributed by atoms with van der Waals surface area (Å²) in [6.07, 6.45) is 4.01. The number of ether oxygens (including phenoxy) is 1. The summed E-state index contributed by atoms with van der Waals surface area (Å²) in [5.74, 6) is 0.557. The molecule has 0 aliphatic carbocycles. The molecule has 2 aliphatic rings. The Morgan fingerprint density at radius 1 is 1.19 bits per heavy atom. The van der Waals surface area contributed by atoms with E-state index in [4.69, 9.17) is 4.74 Å². The van der Waals surface area contributed by atoms with Crippen LogP contribution in [0.1, 0.15) is 24.0 Å². The third kappa shape index (κ3) is 4.01. The molecule has 2 aromatic rings. The quantitative estimate of drug-likeness (QED) is 0.778. The largest absolute Gasteiger partial charge is 0.497 e. The predicted molar refractivity (Wildman–Crippen MR) is 119 cm³/mol. The van der Waals surface area contributed by atoms with E-state index in [1.165, 1.54) is 0 Å². The van der Waals surface area contributed by atoms with Crippen molar-refractivity contribution in [1.29, 1.82) is 0 Å². The molecule has 2 fully saturated rings. The molecule has 2 saturated heterocycles. The zero-order chi connectivity index (χ0) is 22.0. The Morgan fingerprint density at radius 3 is 2.52 bits per heavy atom. The summed E-state index contributed by atoms with van der Waals surface area (Å²) in [4.78, 5) is 28.9. The van der Waals surface area contributed by atoms with Crippen molar-refractivity contribution in [3.05, 3.63) is 65.7 Å². The molecule has 4 rings (SSSR count). The highest BCUT2D eigenvalue weighted by atomic mass is 16.5. The number of hydrogen-bond acceptors (Lipinski definition) is 4. The van der Waals surface area contributed by atoms with Crippen LogP contribution in [0, 0.1) is 0 Å². The minimum atomic E-state index is -0.312. The topological polar surface area (TPSA) is 82.1 Å². The van der Waals surface area contributed by atoms with Crippen LogP contribution in [0.25, 0.3) is 6.08 Å². The number of aliphatic hydroxyl groups excluding tert-OH is 1. The van der Waals surface area contributed by atoms with Crippen LogP contribution in [-0.4, -0.2) is 65.7 Å². The Kier molecular flexibility index (Phi) is 5.95. The number of nitrogens with zero attached hydrogens (tertiary/aromatic N) is 2. The maximum Gasteiger partial charge on any atom is 0.322 e. The fourth-order valence-electron chi connectivity index (χ4n) is 4.55. The van der Waals surface area contributed by atoms with E-state index in [9.17, 15) is 14.7 Å². The first-order chi connectivity index (χ1) is 15.0. The number of allylic oxidation sites excluding steroid dienone is 1. The van der Waals surface area contributed by atoms with Crippen LogP contribution >= 0.6 is 0 Å². The van der Waals surface area contributed by atoms with Gasteiger partial charge < -0.3 is 25.0 Å². The van der Waals surface area contributed by atoms with Crippen LogP contribution in [-0.2, 0) is 4.79 Å². The van der Waals surface area contributed by atoms with E-state index in [2.05, 4.69) is 5.32 Å². The molecule has 3 atom stereocenters. The van der Waals surface area contributed by atoms with Gasteiger partial charge in [0.25, 0.3) is 0 Å². The van der Waals surface area contributed by atoms with Gasteiger partial charge in [-0.1, -0.05) is 36.4 Å². The fraction of sp³-hybridized carbons (Fsp3) is 0.333. The lowest BCUT2D eigenvalue weighted by Crippen LogP contribution is -2.73. The van der Waals surface area contributed by atoms with Crippen molar-refractivity contribution in [2.45, 2.75) is 24.9 Å². The van der Waals surface area contributed by atoms with Gasteiger partial charge in [0.05, 0.1) is 25.8 Å². The molecule has 0 radical (unpaired) electrons. The van der Waals surface area contributed by atoms with Gasteiger partial charge in [-0.2, -0.15) is 0 Å². The van der Waals surface area contributed by atoms with E-state index >= 15 is 0 Å². The van der Waals surface area contributed by atoms with E-state index in [1.807, 2.05) is 43.3 Å². The molecule has 0 aromatic heterocycles. The Bertz CT molecular complexity index is 971. The number of carbonyl (C=O) groups is 2. The van der Waals surface area contributed by atoms with Gasteiger partial charge in [0, 0.05) is 18.2 Å². The summed E-state index contributed by atoms with van der Waals surface area (Å²) in [6, 6.07) is 14.5. The minimum absolute atomic E-state index is 0.00193. The zero-order valence-electron chi connectivity index (χ0n) is 17.7. The summed E-state index contributed by atoms with van der Waals surface area (Å²) >= 11 is 0. The SMILES string of the molecule is C/C=C/c1ccc([C@H]2[C@H]3CN(C(=O)Nc4ccc(OC)cc4)CC(=O)N3[C@H]2CO)cc1. The average molecular weight is 421 g/mol. The molecule has 0 bridgehead atoms. The van der Waals surface area contributed by atoms with E-state index in [0.717, 1.165) is 11.1 Å². The molecular formula is C24H27N3O4. The van der Waals surface area contributed by atoms with E-state index in [1.54, 1.807) is 41.2 Å². The van der Waals surface area contributed by atoms with Gasteiger partial charge >= 0.3 is 6.03 Å². The average Bonchev–Trinajstić information content (AvgIpc) is 2.77. The number of urea groups is 1. The van der Waals surface area contributed by atoms with Crippen LogP contribution in [0.15, 0.2) is 54.6 Å². The number of hydrogen-bond donors (Lipinski definition) is 2. The number of methoxy groups -OCH3 is 1. The molecular weight excluding hydrogens is 394 g/mol. The molecule has 0 unspecified atom stereocenters. The van der Waals surface area contributed by atoms with Gasteiger partial charge in [-0.3, -0.25) is 4.79 Å². The van der Waals surface area contributed by atoms with E-state index in [-0.39, 0.29) is 43.1 Å². The number of amides is 3. The number of anilines is 1. The van der Waals surface area contributed by atoms with Crippen LogP contribution in [0.2, 0.25) is 0 Å². The maximum absolute atomic E-state index is 12.8. The number of aliphatic hydroxyl groups is 1. The first kappa shape index (κ1) is 20.9. The van der Waals surface area contributed by atoms with Crippen LogP contribution in [0.5, 0.6) is 5.75 Å². The van der Waals surface area contributed by atoms with Gasteiger partial charge in [0.2, 0.25) is 5.91 Å². The molecule has 2 aromatic carbocycles. The highest BCUT2D eigenvalue weighted by molar-refractivity contribution is 5.93. The second-order valence-corrected chi connectivity index (χ2v) is 7.85. The highest BCUT2D eigenvalue weighted by Crippen LogP contribution is 2.43. The van der Waals surface area contributed by atoms with Crippen molar-refractivity contribution < 1.29 is 19.4 Å². The Hall–Kier alpha value is -3.32. The zero-order valence-corrected chi connectivity index (χ0v) is 17.7. The summed E-state index contributed by atoms with van der Waals surface area (Å²) in [5.41, 5.74) is 2.81. The van der Waals surface area contributed by atoms with Gasteiger partial charge in [-0.15, -0.1) is 0 Å². The molecule has 7 nitrogen and oxygen atoms in total. The monoisotopic (exact) mass is 421 g/mol. The summed E-state index contributed by atoms with van der Waals surface area (Å²) < 4.78 is 5.14. The van der Waals surface area contributed by atoms with Gasteiger partial charge in [-0.05, 0) is 42.3 Å². The number of fused-ring (bicyclic) bond motifs is 1. The summed E-state index contributed by atoms with van der Waals surface area (Å²) in [7, 11) is 1.58. The summed E-state index contributed by atoms with van der Waals surface area (Å²) in [5, 5.41) is 12.8. The molecule has 31 heavy (non-hydrogen) atoms. The standard InChI is InChI=1S/C24H27N3O4/c1-3-4-16-5-7-17(8-6-16)23-20-13-26(14-22(29)27(20)21(23)15-28)24(30)25-18-9-11-19(31-2)12-10-18/h3-12,20-21,23,28H,13-15H2,1-2H3,(H,25,30)/b4-3+/t20-,21+,23+/m1/s1. The Morgan fingerprint density at radius 2 is 1.90 bits per heavy atom. The maximum atomic E-state index is 12.8. The fourth-order valence-corrected chi connectivity index (χ4v) is 4.55. The lowest BCUT2D eigenvalue weighted by atomic mass is 9.73. The first-order valence-corrected chi connectivity index (χ1v) is 10.4. The molecule has 7 heteroatoms. The molecule has 0 saturated carbocycles. The van der Waals surface area contributed by atoms with E-state index in [0.29, 0.717) is 18.0 Å². The molecule has 3 amide bonds. The first-order valence-electron chi connectivity index (χ1n) is 10.4. The molecule has 2 N–H and O–H groups in total. The van der Waals surface area contributed by atoms with Crippen molar-refractivity contribution in [3.8, 4) is 5.75 Å². The molecule has 2 heterocycles. The van der Waals surface area contributed by atoms with Crippen molar-refractivity contribution in [2.24, 2.45) is 0 Å². The Balaban J connectivity index is 1.49. The van der Waals surface area contributed by atoms with Crippen molar-refractivity contribution >= 4 is 23.7 Å². The van der Waals surface area contributed by atoms with Crippen molar-refractivity contribution in [3.63, 3.8) is 0 Å². The second kappa shape index (κ2) is 8.81. The smallest absolute Gasteiger partial charge is 0.322 e. The number of rotatable bonds is 5. The number of benzene rings is 2. The van der Waals surface area contributed by atoms with Gasteiger partial charge in [0.15, 0.2) is 0 Å². The highest BCUT2D eigenvalue weighted by Gasteiger charge is 2.54. The molecule has 2 aliphatic heterocycles. The lowest BCUT2D eigenvalue weighted by molar-refractivity contribution is -0.159. The summed E-state index contributed by atoms with van der Waals surface area (Å²) in [6.45, 7) is 2.30. The van der Waals surface area contributed by atoms with Crippen LogP contribution in [0.3, 0.4) is 0 Å². The number of piperazine rings is 1. The Labute approximate surface area is 181 Å². The minimum Gasteiger partial charge on any atom is -0.497 e. The normalized spacial score (nSPS) is 22.8. The molecule has 162 valence electrons. The lowest BCUT2D eigenvalue weighted by Gasteiger charge is -2.58. The predicted octanol–water partition coefficient (Wildman–Crippen LogP) is 2.93. The van der Waals surface area contributed by atoms with Gasteiger partial charge in [-0.25, -0.2) is 4.79 Å². The second-order valence-electron chi connectivity index (χ2n) is 7.85. The molecule has 0 spiro atoms. The third-order valence-corrected chi connectivity index (χ3v) is 6.06. The number of nitrogens with one attached hydrogen (secondary N) is 1.